The summed E-state index contributed by atoms with van der Waals surface area (Å²) in [4.78, 5) is 27.2. The molecule has 0 atom stereocenters. The monoisotopic (exact) mass is 296 g/mol. The first-order chi connectivity index (χ1) is 10.5. The summed E-state index contributed by atoms with van der Waals surface area (Å²) in [6, 6.07) is 12.6. The van der Waals surface area contributed by atoms with Crippen LogP contribution in [0.1, 0.15) is 24.2 Å². The Balaban J connectivity index is 2.16. The number of carboxylic acids is 1. The Labute approximate surface area is 128 Å². The molecule has 0 saturated carbocycles. The highest BCUT2D eigenvalue weighted by Crippen LogP contribution is 2.17. The molecule has 0 aliphatic carbocycles. The average molecular weight is 296 g/mol. The number of carbonyl (C=O) groups excluding carboxylic acids is 1. The number of allylic oxidation sites excluding steroid dienone is 1. The number of pyridine rings is 1. The van der Waals surface area contributed by atoms with Gasteiger partial charge in [-0.15, -0.1) is 0 Å². The van der Waals surface area contributed by atoms with E-state index in [0.29, 0.717) is 11.3 Å². The fraction of sp³-hybridized carbons (Fsp3) is 0.118. The number of rotatable bonds is 4. The second kappa shape index (κ2) is 6.67. The Morgan fingerprint density at radius 3 is 2.27 bits per heavy atom. The first-order valence-corrected chi connectivity index (χ1v) is 6.72. The normalized spacial score (nSPS) is 11.5. The van der Waals surface area contributed by atoms with Gasteiger partial charge < -0.3 is 10.4 Å². The number of nitrogens with one attached hydrogen (secondary N) is 1. The van der Waals surface area contributed by atoms with Crippen LogP contribution >= 0.6 is 0 Å². The molecule has 0 saturated heterocycles. The van der Waals surface area contributed by atoms with Gasteiger partial charge >= 0.3 is 5.97 Å². The predicted octanol–water partition coefficient (Wildman–Crippen LogP) is 2.86. The van der Waals surface area contributed by atoms with E-state index in [0.717, 1.165) is 11.3 Å². The Morgan fingerprint density at radius 1 is 1.05 bits per heavy atom. The van der Waals surface area contributed by atoms with Crippen molar-refractivity contribution < 1.29 is 14.7 Å². The minimum Gasteiger partial charge on any atom is -0.478 e. The van der Waals surface area contributed by atoms with Crippen molar-refractivity contribution in [3.05, 3.63) is 65.5 Å². The van der Waals surface area contributed by atoms with Crippen molar-refractivity contribution in [2.75, 3.05) is 0 Å². The van der Waals surface area contributed by atoms with Crippen LogP contribution < -0.4 is 5.32 Å². The van der Waals surface area contributed by atoms with Crippen molar-refractivity contribution in [2.24, 2.45) is 0 Å². The summed E-state index contributed by atoms with van der Waals surface area (Å²) < 4.78 is 0. The summed E-state index contributed by atoms with van der Waals surface area (Å²) in [6.45, 7) is 3.01. The molecule has 0 aliphatic heterocycles. The van der Waals surface area contributed by atoms with Crippen LogP contribution in [0.15, 0.2) is 59.9 Å². The molecule has 1 aromatic heterocycles. The van der Waals surface area contributed by atoms with Crippen LogP contribution in [0.3, 0.4) is 0 Å². The first-order valence-electron chi connectivity index (χ1n) is 6.72. The molecule has 0 aliphatic rings. The van der Waals surface area contributed by atoms with Gasteiger partial charge in [-0.1, -0.05) is 18.2 Å². The van der Waals surface area contributed by atoms with E-state index in [1.807, 2.05) is 18.2 Å². The van der Waals surface area contributed by atoms with Crippen LogP contribution in [-0.4, -0.2) is 22.0 Å². The van der Waals surface area contributed by atoms with Gasteiger partial charge in [0.05, 0.1) is 11.3 Å². The maximum Gasteiger partial charge on any atom is 0.333 e. The van der Waals surface area contributed by atoms with E-state index < -0.39 is 5.97 Å². The van der Waals surface area contributed by atoms with Crippen LogP contribution in [0.5, 0.6) is 0 Å². The number of carbonyl (C=O) groups is 2. The number of hydrogen-bond donors (Lipinski definition) is 2. The van der Waals surface area contributed by atoms with E-state index >= 15 is 0 Å². The van der Waals surface area contributed by atoms with E-state index in [1.54, 1.807) is 37.4 Å². The highest BCUT2D eigenvalue weighted by atomic mass is 16.4. The number of aromatic nitrogens is 1. The van der Waals surface area contributed by atoms with Crippen LogP contribution in [0, 0.1) is 0 Å². The van der Waals surface area contributed by atoms with Crippen molar-refractivity contribution in [3.8, 4) is 11.3 Å². The zero-order chi connectivity index (χ0) is 16.1. The maximum absolute atomic E-state index is 12.1. The van der Waals surface area contributed by atoms with Crippen LogP contribution in [0.2, 0.25) is 0 Å². The van der Waals surface area contributed by atoms with E-state index in [1.165, 1.54) is 6.92 Å². The minimum atomic E-state index is -1.05. The minimum absolute atomic E-state index is 0.110. The summed E-state index contributed by atoms with van der Waals surface area (Å²) in [7, 11) is 0. The van der Waals surface area contributed by atoms with Gasteiger partial charge in [0.1, 0.15) is 0 Å². The summed E-state index contributed by atoms with van der Waals surface area (Å²) in [5, 5.41) is 11.5. The molecule has 1 heterocycles. The molecule has 1 amide bonds. The molecule has 22 heavy (non-hydrogen) atoms. The average Bonchev–Trinajstić information content (AvgIpc) is 2.54. The smallest absolute Gasteiger partial charge is 0.333 e. The number of hydrogen-bond acceptors (Lipinski definition) is 3. The Morgan fingerprint density at radius 2 is 1.73 bits per heavy atom. The lowest BCUT2D eigenvalue weighted by Gasteiger charge is -2.08. The summed E-state index contributed by atoms with van der Waals surface area (Å²) in [5.74, 6) is -1.39. The maximum atomic E-state index is 12.1. The molecule has 2 rings (SSSR count). The number of carboxylic acid groups (broad SMARTS) is 1. The third-order valence-electron chi connectivity index (χ3n) is 3.29. The third kappa shape index (κ3) is 3.58. The molecule has 0 unspecified atom stereocenters. The molecule has 0 bridgehead atoms. The van der Waals surface area contributed by atoms with Crippen molar-refractivity contribution in [1.82, 2.24) is 10.3 Å². The summed E-state index contributed by atoms with van der Waals surface area (Å²) >= 11 is 0. The quantitative estimate of drug-likeness (QED) is 0.850. The van der Waals surface area contributed by atoms with Gasteiger partial charge in [-0.2, -0.15) is 0 Å². The predicted molar refractivity (Wildman–Crippen MR) is 83.1 cm³/mol. The van der Waals surface area contributed by atoms with Gasteiger partial charge in [-0.3, -0.25) is 9.78 Å². The molecule has 5 nitrogen and oxygen atoms in total. The molecular formula is C17H16N2O3. The van der Waals surface area contributed by atoms with Gasteiger partial charge in [-0.05, 0) is 38.1 Å². The van der Waals surface area contributed by atoms with Crippen molar-refractivity contribution >= 4 is 11.9 Å². The Kier molecular flexibility index (Phi) is 4.68. The molecule has 0 spiro atoms. The van der Waals surface area contributed by atoms with Crippen molar-refractivity contribution in [1.29, 1.82) is 0 Å². The van der Waals surface area contributed by atoms with Gasteiger partial charge in [0.25, 0.3) is 5.91 Å². The fourth-order valence-electron chi connectivity index (χ4n) is 1.82. The van der Waals surface area contributed by atoms with Gasteiger partial charge in [0, 0.05) is 23.0 Å². The fourth-order valence-corrected chi connectivity index (χ4v) is 1.82. The second-order valence-electron chi connectivity index (χ2n) is 4.80. The third-order valence-corrected chi connectivity index (χ3v) is 3.29. The first kappa shape index (κ1) is 15.4. The van der Waals surface area contributed by atoms with E-state index in [2.05, 4.69) is 10.3 Å². The molecule has 2 N–H and O–H groups in total. The molecule has 1 aromatic carbocycles. The number of benzene rings is 1. The highest BCUT2D eigenvalue weighted by molar-refractivity contribution is 5.97. The lowest BCUT2D eigenvalue weighted by Crippen LogP contribution is -2.23. The van der Waals surface area contributed by atoms with E-state index in [4.69, 9.17) is 5.11 Å². The zero-order valence-corrected chi connectivity index (χ0v) is 12.3. The van der Waals surface area contributed by atoms with Crippen molar-refractivity contribution in [2.45, 2.75) is 13.8 Å². The standard InChI is InChI=1S/C17H16N2O3/c1-11(17(21)22)12(2)19-16(20)14-8-6-13(7-9-14)15-5-3-4-10-18-15/h3-10H,1-2H3,(H,19,20)(H,21,22)/b12-11-. The SMILES string of the molecule is C/C(NC(=O)c1ccc(-c2ccccn2)cc1)=C(\C)C(=O)O. The number of aliphatic carboxylic acids is 1. The summed E-state index contributed by atoms with van der Waals surface area (Å²) in [5.41, 5.74) is 2.63. The second-order valence-corrected chi connectivity index (χ2v) is 4.80. The zero-order valence-electron chi connectivity index (χ0n) is 12.3. The summed E-state index contributed by atoms with van der Waals surface area (Å²) in [6.07, 6.45) is 1.71. The Bertz CT molecular complexity index is 719. The molecule has 5 heteroatoms. The van der Waals surface area contributed by atoms with Gasteiger partial charge in [-0.25, -0.2) is 4.79 Å². The molecular weight excluding hydrogens is 280 g/mol. The molecule has 0 fully saturated rings. The number of amides is 1. The highest BCUT2D eigenvalue weighted by Gasteiger charge is 2.10. The number of nitrogens with zero attached hydrogens (tertiary/aromatic N) is 1. The van der Waals surface area contributed by atoms with Crippen LogP contribution in [0.25, 0.3) is 11.3 Å². The molecule has 0 radical (unpaired) electrons. The van der Waals surface area contributed by atoms with Crippen LogP contribution in [0.4, 0.5) is 0 Å². The topological polar surface area (TPSA) is 79.3 Å². The van der Waals surface area contributed by atoms with E-state index in [9.17, 15) is 9.59 Å². The molecule has 112 valence electrons. The lowest BCUT2D eigenvalue weighted by molar-refractivity contribution is -0.132. The lowest BCUT2D eigenvalue weighted by atomic mass is 10.1. The van der Waals surface area contributed by atoms with Crippen LogP contribution in [-0.2, 0) is 4.79 Å². The molecule has 2 aromatic rings. The van der Waals surface area contributed by atoms with Crippen molar-refractivity contribution in [3.63, 3.8) is 0 Å². The van der Waals surface area contributed by atoms with Gasteiger partial charge in [0.15, 0.2) is 0 Å². The largest absolute Gasteiger partial charge is 0.478 e. The van der Waals surface area contributed by atoms with E-state index in [-0.39, 0.29) is 11.5 Å². The Hall–Kier alpha value is -2.95. The van der Waals surface area contributed by atoms with Gasteiger partial charge in [0.2, 0.25) is 0 Å².